The van der Waals surface area contributed by atoms with Crippen LogP contribution in [0.3, 0.4) is 0 Å². The fraction of sp³-hybridized carbons (Fsp3) is 0.562. The summed E-state index contributed by atoms with van der Waals surface area (Å²) in [4.78, 5) is 11.4. The molecule has 2 saturated heterocycles. The molecule has 0 aliphatic carbocycles. The molecule has 3 rings (SSSR count). The molecule has 0 radical (unpaired) electrons. The van der Waals surface area contributed by atoms with Crippen molar-refractivity contribution < 1.29 is 14.3 Å². The zero-order valence-corrected chi connectivity index (χ0v) is 11.4. The van der Waals surface area contributed by atoms with Gasteiger partial charge in [-0.3, -0.25) is 4.79 Å². The van der Waals surface area contributed by atoms with E-state index in [0.717, 1.165) is 6.42 Å². The maximum atomic E-state index is 11.4. The lowest BCUT2D eigenvalue weighted by Gasteiger charge is -2.25. The molecule has 102 valence electrons. The average Bonchev–Trinajstić information content (AvgIpc) is 2.85. The Labute approximate surface area is 113 Å². The van der Waals surface area contributed by atoms with Gasteiger partial charge in [0, 0.05) is 5.92 Å². The summed E-state index contributed by atoms with van der Waals surface area (Å²) in [5.74, 6) is 0.644. The number of benzene rings is 1. The summed E-state index contributed by atoms with van der Waals surface area (Å²) in [5.41, 5.74) is 1.28. The molecule has 4 atom stereocenters. The monoisotopic (exact) mass is 260 g/mol. The molecule has 1 aromatic carbocycles. The second kappa shape index (κ2) is 4.97. The van der Waals surface area contributed by atoms with Gasteiger partial charge in [0.05, 0.1) is 12.5 Å². The van der Waals surface area contributed by atoms with Gasteiger partial charge in [0.25, 0.3) is 0 Å². The number of fused-ring (bicyclic) bond motifs is 1. The third kappa shape index (κ3) is 2.39. The van der Waals surface area contributed by atoms with Crippen LogP contribution in [0.2, 0.25) is 0 Å². The van der Waals surface area contributed by atoms with Gasteiger partial charge in [-0.1, -0.05) is 44.2 Å². The highest BCUT2D eigenvalue weighted by Crippen LogP contribution is 2.41. The summed E-state index contributed by atoms with van der Waals surface area (Å²) in [5, 5.41) is 0. The standard InChI is InChI=1S/C16H20O3/c1-10(2)15-12(8-11-6-4-3-5-7-11)18-13-9-14(17)19-16(13)15/h3-7,10,12-13,15-16H,8-9H2,1-2H3/t12?,13-,15-,16+/m0/s1. The van der Waals surface area contributed by atoms with Crippen LogP contribution in [0.5, 0.6) is 0 Å². The van der Waals surface area contributed by atoms with Crippen molar-refractivity contribution >= 4 is 5.97 Å². The first kappa shape index (κ1) is 12.7. The highest BCUT2D eigenvalue weighted by atomic mass is 16.6. The van der Waals surface area contributed by atoms with Crippen LogP contribution >= 0.6 is 0 Å². The Morgan fingerprint density at radius 1 is 1.26 bits per heavy atom. The first-order chi connectivity index (χ1) is 9.15. The van der Waals surface area contributed by atoms with E-state index in [1.54, 1.807) is 0 Å². The Morgan fingerprint density at radius 3 is 2.68 bits per heavy atom. The molecule has 3 heteroatoms. The van der Waals surface area contributed by atoms with Crippen molar-refractivity contribution in [1.82, 2.24) is 0 Å². The largest absolute Gasteiger partial charge is 0.459 e. The molecule has 3 nitrogen and oxygen atoms in total. The minimum Gasteiger partial charge on any atom is -0.459 e. The first-order valence-electron chi connectivity index (χ1n) is 7.04. The second-order valence-electron chi connectivity index (χ2n) is 5.88. The number of carbonyl (C=O) groups excluding carboxylic acids is 1. The average molecular weight is 260 g/mol. The summed E-state index contributed by atoms with van der Waals surface area (Å²) >= 11 is 0. The van der Waals surface area contributed by atoms with Crippen LogP contribution in [-0.2, 0) is 20.7 Å². The van der Waals surface area contributed by atoms with Gasteiger partial charge in [0.2, 0.25) is 0 Å². The van der Waals surface area contributed by atoms with Gasteiger partial charge in [-0.05, 0) is 17.9 Å². The predicted molar refractivity (Wildman–Crippen MR) is 71.6 cm³/mol. The molecule has 2 aliphatic rings. The van der Waals surface area contributed by atoms with E-state index in [2.05, 4.69) is 38.1 Å². The smallest absolute Gasteiger partial charge is 0.308 e. The molecule has 0 N–H and O–H groups in total. The summed E-state index contributed by atoms with van der Waals surface area (Å²) < 4.78 is 11.6. The molecule has 1 unspecified atom stereocenters. The van der Waals surface area contributed by atoms with Crippen LogP contribution < -0.4 is 0 Å². The van der Waals surface area contributed by atoms with Crippen LogP contribution in [-0.4, -0.2) is 24.3 Å². The Kier molecular flexibility index (Phi) is 3.31. The zero-order chi connectivity index (χ0) is 13.4. The van der Waals surface area contributed by atoms with Crippen LogP contribution in [0.4, 0.5) is 0 Å². The molecular formula is C16H20O3. The van der Waals surface area contributed by atoms with E-state index in [1.807, 2.05) is 6.07 Å². The highest BCUT2D eigenvalue weighted by Gasteiger charge is 2.52. The Bertz CT molecular complexity index is 454. The van der Waals surface area contributed by atoms with Gasteiger partial charge in [-0.2, -0.15) is 0 Å². The minimum atomic E-state index is -0.112. The molecule has 0 bridgehead atoms. The quantitative estimate of drug-likeness (QED) is 0.784. The first-order valence-corrected chi connectivity index (χ1v) is 7.04. The van der Waals surface area contributed by atoms with E-state index >= 15 is 0 Å². The number of hydrogen-bond acceptors (Lipinski definition) is 3. The van der Waals surface area contributed by atoms with Crippen molar-refractivity contribution in [1.29, 1.82) is 0 Å². The Hall–Kier alpha value is -1.35. The third-order valence-electron chi connectivity index (χ3n) is 4.21. The van der Waals surface area contributed by atoms with Crippen molar-refractivity contribution in [3.8, 4) is 0 Å². The van der Waals surface area contributed by atoms with Gasteiger partial charge in [0.15, 0.2) is 0 Å². The molecule has 2 fully saturated rings. The van der Waals surface area contributed by atoms with Crippen molar-refractivity contribution in [3.63, 3.8) is 0 Å². The van der Waals surface area contributed by atoms with Gasteiger partial charge < -0.3 is 9.47 Å². The van der Waals surface area contributed by atoms with E-state index in [9.17, 15) is 4.79 Å². The maximum Gasteiger partial charge on any atom is 0.308 e. The molecular weight excluding hydrogens is 240 g/mol. The summed E-state index contributed by atoms with van der Waals surface area (Å²) in [6, 6.07) is 10.4. The maximum absolute atomic E-state index is 11.4. The van der Waals surface area contributed by atoms with Crippen LogP contribution in [0.15, 0.2) is 30.3 Å². The molecule has 0 saturated carbocycles. The van der Waals surface area contributed by atoms with E-state index in [1.165, 1.54) is 5.56 Å². The van der Waals surface area contributed by atoms with E-state index in [-0.39, 0.29) is 24.3 Å². The normalized spacial score (nSPS) is 33.5. The number of esters is 1. The third-order valence-corrected chi connectivity index (χ3v) is 4.21. The Balaban J connectivity index is 1.77. The van der Waals surface area contributed by atoms with Crippen molar-refractivity contribution in [2.75, 3.05) is 0 Å². The predicted octanol–water partition coefficient (Wildman–Crippen LogP) is 2.58. The molecule has 1 aromatic rings. The van der Waals surface area contributed by atoms with Gasteiger partial charge in [-0.25, -0.2) is 0 Å². The fourth-order valence-electron chi connectivity index (χ4n) is 3.37. The van der Waals surface area contributed by atoms with Crippen molar-refractivity contribution in [2.45, 2.75) is 45.0 Å². The fourth-order valence-corrected chi connectivity index (χ4v) is 3.37. The van der Waals surface area contributed by atoms with Crippen molar-refractivity contribution in [3.05, 3.63) is 35.9 Å². The number of ether oxygens (including phenoxy) is 2. The zero-order valence-electron chi connectivity index (χ0n) is 11.4. The van der Waals surface area contributed by atoms with E-state index in [4.69, 9.17) is 9.47 Å². The molecule has 0 spiro atoms. The lowest BCUT2D eigenvalue weighted by Crippen LogP contribution is -2.32. The molecule has 2 aliphatic heterocycles. The number of hydrogen-bond donors (Lipinski definition) is 0. The van der Waals surface area contributed by atoms with Crippen molar-refractivity contribution in [2.24, 2.45) is 11.8 Å². The van der Waals surface area contributed by atoms with Gasteiger partial charge in [0.1, 0.15) is 12.2 Å². The molecule has 19 heavy (non-hydrogen) atoms. The topological polar surface area (TPSA) is 35.5 Å². The van der Waals surface area contributed by atoms with E-state index < -0.39 is 0 Å². The SMILES string of the molecule is CC(C)[C@H]1C(Cc2ccccc2)O[C@H]2CC(=O)O[C@@H]12. The van der Waals surface area contributed by atoms with Gasteiger partial charge >= 0.3 is 5.97 Å². The highest BCUT2D eigenvalue weighted by molar-refractivity contribution is 5.72. The lowest BCUT2D eigenvalue weighted by atomic mass is 9.84. The second-order valence-corrected chi connectivity index (χ2v) is 5.88. The van der Waals surface area contributed by atoms with E-state index in [0.29, 0.717) is 18.3 Å². The molecule has 0 amide bonds. The molecule has 0 aromatic heterocycles. The number of carbonyl (C=O) groups is 1. The minimum absolute atomic E-state index is 0.0337. The van der Waals surface area contributed by atoms with Crippen LogP contribution in [0, 0.1) is 11.8 Å². The summed E-state index contributed by atoms with van der Waals surface area (Å²) in [7, 11) is 0. The number of rotatable bonds is 3. The van der Waals surface area contributed by atoms with Crippen LogP contribution in [0.25, 0.3) is 0 Å². The van der Waals surface area contributed by atoms with Crippen LogP contribution in [0.1, 0.15) is 25.8 Å². The molecule has 2 heterocycles. The lowest BCUT2D eigenvalue weighted by molar-refractivity contribution is -0.143. The van der Waals surface area contributed by atoms with Gasteiger partial charge in [-0.15, -0.1) is 0 Å². The summed E-state index contributed by atoms with van der Waals surface area (Å²) in [6.07, 6.45) is 1.40. The Morgan fingerprint density at radius 2 is 2.00 bits per heavy atom. The summed E-state index contributed by atoms with van der Waals surface area (Å²) in [6.45, 7) is 4.36.